The van der Waals surface area contributed by atoms with Gasteiger partial charge in [0.2, 0.25) is 5.95 Å². The van der Waals surface area contributed by atoms with E-state index in [4.69, 9.17) is 0 Å². The van der Waals surface area contributed by atoms with Crippen LogP contribution in [0.1, 0.15) is 6.92 Å². The van der Waals surface area contributed by atoms with Crippen LogP contribution >= 0.6 is 11.8 Å². The standard InChI is InChI=1S/C20H23N5S/c1-15(11-23-20-24-13-18(26-2)14-25-20)10-21-19-9-8-17(12-22-19)16-6-4-3-5-7-16/h3-9,12-15H,10-11H2,1-2H3,(H,21,22)(H,23,24,25). The second-order valence-electron chi connectivity index (χ2n) is 6.11. The third kappa shape index (κ3) is 5.20. The first-order valence-electron chi connectivity index (χ1n) is 8.60. The SMILES string of the molecule is CSc1cnc(NCC(C)CNc2ccc(-c3ccccc3)cn2)nc1. The topological polar surface area (TPSA) is 62.7 Å². The van der Waals surface area contributed by atoms with Gasteiger partial charge in [0, 0.05) is 42.1 Å². The van der Waals surface area contributed by atoms with Crippen LogP contribution in [0.15, 0.2) is 66.0 Å². The summed E-state index contributed by atoms with van der Waals surface area (Å²) in [4.78, 5) is 14.2. The Bertz CT molecular complexity index is 791. The molecule has 5 nitrogen and oxygen atoms in total. The molecule has 1 atom stereocenters. The van der Waals surface area contributed by atoms with Gasteiger partial charge < -0.3 is 10.6 Å². The minimum Gasteiger partial charge on any atom is -0.370 e. The number of pyridine rings is 1. The Labute approximate surface area is 158 Å². The van der Waals surface area contributed by atoms with Gasteiger partial charge in [-0.1, -0.05) is 37.3 Å². The highest BCUT2D eigenvalue weighted by Gasteiger charge is 2.05. The van der Waals surface area contributed by atoms with Crippen LogP contribution in [-0.4, -0.2) is 34.3 Å². The van der Waals surface area contributed by atoms with Gasteiger partial charge in [-0.3, -0.25) is 0 Å². The van der Waals surface area contributed by atoms with E-state index in [1.165, 1.54) is 5.56 Å². The maximum atomic E-state index is 4.51. The van der Waals surface area contributed by atoms with Crippen LogP contribution < -0.4 is 10.6 Å². The number of rotatable bonds is 8. The van der Waals surface area contributed by atoms with Gasteiger partial charge in [-0.25, -0.2) is 15.0 Å². The molecule has 0 aliphatic carbocycles. The van der Waals surface area contributed by atoms with Gasteiger partial charge in [-0.2, -0.15) is 0 Å². The summed E-state index contributed by atoms with van der Waals surface area (Å²) in [5.74, 6) is 1.96. The molecule has 26 heavy (non-hydrogen) atoms. The van der Waals surface area contributed by atoms with E-state index in [0.717, 1.165) is 29.4 Å². The first-order valence-corrected chi connectivity index (χ1v) is 9.82. The lowest BCUT2D eigenvalue weighted by Crippen LogP contribution is -2.20. The monoisotopic (exact) mass is 365 g/mol. The van der Waals surface area contributed by atoms with E-state index < -0.39 is 0 Å². The zero-order valence-electron chi connectivity index (χ0n) is 15.0. The Balaban J connectivity index is 1.45. The second kappa shape index (κ2) is 9.20. The molecule has 134 valence electrons. The molecule has 2 heterocycles. The summed E-state index contributed by atoms with van der Waals surface area (Å²) < 4.78 is 0. The molecule has 1 aromatic carbocycles. The van der Waals surface area contributed by atoms with E-state index in [1.54, 1.807) is 11.8 Å². The summed E-state index contributed by atoms with van der Waals surface area (Å²) in [7, 11) is 0. The Kier molecular flexibility index (Phi) is 6.44. The highest BCUT2D eigenvalue weighted by atomic mass is 32.2. The highest BCUT2D eigenvalue weighted by molar-refractivity contribution is 7.98. The van der Waals surface area contributed by atoms with Crippen molar-refractivity contribution in [2.24, 2.45) is 5.92 Å². The summed E-state index contributed by atoms with van der Waals surface area (Å²) in [6, 6.07) is 14.4. The molecule has 6 heteroatoms. The minimum atomic E-state index is 0.412. The lowest BCUT2D eigenvalue weighted by atomic mass is 10.1. The molecule has 2 N–H and O–H groups in total. The van der Waals surface area contributed by atoms with E-state index in [9.17, 15) is 0 Å². The molecular formula is C20H23N5S. The quantitative estimate of drug-likeness (QED) is 0.576. The van der Waals surface area contributed by atoms with Crippen LogP contribution in [0.2, 0.25) is 0 Å². The Morgan fingerprint density at radius 1 is 0.846 bits per heavy atom. The molecule has 0 fully saturated rings. The van der Waals surface area contributed by atoms with Crippen molar-refractivity contribution in [3.8, 4) is 11.1 Å². The predicted octanol–water partition coefficient (Wildman–Crippen LogP) is 4.42. The van der Waals surface area contributed by atoms with Crippen molar-refractivity contribution in [3.05, 3.63) is 61.1 Å². The zero-order chi connectivity index (χ0) is 18.2. The fourth-order valence-electron chi connectivity index (χ4n) is 2.43. The van der Waals surface area contributed by atoms with Crippen LogP contribution in [0.25, 0.3) is 11.1 Å². The molecule has 0 aliphatic heterocycles. The average Bonchev–Trinajstić information content (AvgIpc) is 2.72. The average molecular weight is 366 g/mol. The summed E-state index contributed by atoms with van der Waals surface area (Å²) in [6.45, 7) is 3.80. The fraction of sp³-hybridized carbons (Fsp3) is 0.250. The van der Waals surface area contributed by atoms with Crippen LogP contribution in [0, 0.1) is 5.92 Å². The molecule has 0 aliphatic rings. The summed E-state index contributed by atoms with van der Waals surface area (Å²) in [5.41, 5.74) is 2.30. The number of benzene rings is 1. The van der Waals surface area contributed by atoms with Crippen molar-refractivity contribution < 1.29 is 0 Å². The molecule has 3 rings (SSSR count). The number of nitrogens with zero attached hydrogens (tertiary/aromatic N) is 3. The van der Waals surface area contributed by atoms with Gasteiger partial charge >= 0.3 is 0 Å². The van der Waals surface area contributed by atoms with E-state index >= 15 is 0 Å². The second-order valence-corrected chi connectivity index (χ2v) is 6.99. The molecule has 0 spiro atoms. The molecule has 1 unspecified atom stereocenters. The lowest BCUT2D eigenvalue weighted by Gasteiger charge is -2.14. The van der Waals surface area contributed by atoms with Gasteiger partial charge in [-0.05, 0) is 29.9 Å². The third-order valence-electron chi connectivity index (χ3n) is 3.97. The maximum absolute atomic E-state index is 4.51. The number of nitrogens with one attached hydrogen (secondary N) is 2. The van der Waals surface area contributed by atoms with Crippen molar-refractivity contribution in [2.45, 2.75) is 11.8 Å². The van der Waals surface area contributed by atoms with Crippen LogP contribution in [0.3, 0.4) is 0 Å². The predicted molar refractivity (Wildman–Crippen MR) is 110 cm³/mol. The minimum absolute atomic E-state index is 0.412. The van der Waals surface area contributed by atoms with Crippen molar-refractivity contribution in [1.82, 2.24) is 15.0 Å². The van der Waals surface area contributed by atoms with E-state index in [1.807, 2.05) is 49.1 Å². The van der Waals surface area contributed by atoms with Gasteiger partial charge in [-0.15, -0.1) is 11.8 Å². The Morgan fingerprint density at radius 3 is 2.23 bits per heavy atom. The lowest BCUT2D eigenvalue weighted by molar-refractivity contribution is 0.644. The van der Waals surface area contributed by atoms with E-state index in [-0.39, 0.29) is 0 Å². The van der Waals surface area contributed by atoms with E-state index in [0.29, 0.717) is 11.9 Å². The molecule has 2 aromatic heterocycles. The molecule has 0 bridgehead atoms. The van der Waals surface area contributed by atoms with Gasteiger partial charge in [0.1, 0.15) is 5.82 Å². The van der Waals surface area contributed by atoms with Crippen LogP contribution in [0.4, 0.5) is 11.8 Å². The van der Waals surface area contributed by atoms with Crippen molar-refractivity contribution in [1.29, 1.82) is 0 Å². The van der Waals surface area contributed by atoms with Crippen LogP contribution in [-0.2, 0) is 0 Å². The highest BCUT2D eigenvalue weighted by Crippen LogP contribution is 2.19. The molecular weight excluding hydrogens is 342 g/mol. The van der Waals surface area contributed by atoms with Crippen LogP contribution in [0.5, 0.6) is 0 Å². The zero-order valence-corrected chi connectivity index (χ0v) is 15.8. The number of hydrogen-bond donors (Lipinski definition) is 2. The Morgan fingerprint density at radius 2 is 1.58 bits per heavy atom. The third-order valence-corrected chi connectivity index (χ3v) is 4.66. The van der Waals surface area contributed by atoms with Crippen molar-refractivity contribution in [2.75, 3.05) is 30.0 Å². The molecule has 0 radical (unpaired) electrons. The Hall–Kier alpha value is -2.60. The molecule has 0 saturated heterocycles. The number of hydrogen-bond acceptors (Lipinski definition) is 6. The van der Waals surface area contributed by atoms with Gasteiger partial charge in [0.05, 0.1) is 0 Å². The fourth-order valence-corrected chi connectivity index (χ4v) is 2.75. The molecule has 3 aromatic rings. The summed E-state index contributed by atoms with van der Waals surface area (Å²) in [5, 5.41) is 6.65. The van der Waals surface area contributed by atoms with Gasteiger partial charge in [0.15, 0.2) is 0 Å². The normalized spacial score (nSPS) is 11.8. The largest absolute Gasteiger partial charge is 0.370 e. The summed E-state index contributed by atoms with van der Waals surface area (Å²) in [6.07, 6.45) is 7.59. The maximum Gasteiger partial charge on any atom is 0.222 e. The number of anilines is 2. The van der Waals surface area contributed by atoms with Gasteiger partial charge in [0.25, 0.3) is 0 Å². The molecule has 0 amide bonds. The van der Waals surface area contributed by atoms with Crippen molar-refractivity contribution >= 4 is 23.5 Å². The number of thioether (sulfide) groups is 1. The molecule has 0 saturated carbocycles. The smallest absolute Gasteiger partial charge is 0.222 e. The van der Waals surface area contributed by atoms with E-state index in [2.05, 4.69) is 50.7 Å². The first kappa shape index (κ1) is 18.2. The van der Waals surface area contributed by atoms with Crippen molar-refractivity contribution in [3.63, 3.8) is 0 Å². The number of aromatic nitrogens is 3. The first-order chi connectivity index (χ1) is 12.7. The summed E-state index contributed by atoms with van der Waals surface area (Å²) >= 11 is 1.64.